The van der Waals surface area contributed by atoms with Gasteiger partial charge >= 0.3 is 0 Å². The number of pyridine rings is 1. The molecule has 1 aliphatic heterocycles. The molecule has 0 aliphatic carbocycles. The molecule has 4 nitrogen and oxygen atoms in total. The number of rotatable bonds is 2. The zero-order chi connectivity index (χ0) is 14.0. The van der Waals surface area contributed by atoms with Crippen molar-refractivity contribution in [3.8, 4) is 0 Å². The quantitative estimate of drug-likeness (QED) is 0.885. The predicted molar refractivity (Wildman–Crippen MR) is 80.4 cm³/mol. The van der Waals surface area contributed by atoms with Gasteiger partial charge in [-0.05, 0) is 45.4 Å². The molecule has 0 aromatic carbocycles. The van der Waals surface area contributed by atoms with E-state index in [4.69, 9.17) is 5.73 Å². The Morgan fingerprint density at radius 1 is 1.21 bits per heavy atom. The van der Waals surface area contributed by atoms with E-state index in [2.05, 4.69) is 41.6 Å². The molecular weight excluding hydrogens is 236 g/mol. The minimum Gasteiger partial charge on any atom is -0.354 e. The maximum Gasteiger partial charge on any atom is 0.128 e. The lowest BCUT2D eigenvalue weighted by molar-refractivity contribution is 0.128. The van der Waals surface area contributed by atoms with Gasteiger partial charge in [0.25, 0.3) is 0 Å². The molecule has 2 heterocycles. The highest BCUT2D eigenvalue weighted by atomic mass is 15.3. The first-order valence-electron chi connectivity index (χ1n) is 7.09. The molecule has 19 heavy (non-hydrogen) atoms. The Kier molecular flexibility index (Phi) is 4.11. The predicted octanol–water partition coefficient (Wildman–Crippen LogP) is 2.02. The van der Waals surface area contributed by atoms with Crippen molar-refractivity contribution in [1.82, 2.24) is 9.88 Å². The van der Waals surface area contributed by atoms with Gasteiger partial charge in [0.2, 0.25) is 0 Å². The van der Waals surface area contributed by atoms with Crippen LogP contribution in [0.1, 0.15) is 39.3 Å². The van der Waals surface area contributed by atoms with E-state index in [-0.39, 0.29) is 11.6 Å². The molecular formula is C15H26N4. The third kappa shape index (κ3) is 3.45. The Balaban J connectivity index is 2.03. The molecule has 1 aromatic rings. The fraction of sp³-hybridized carbons (Fsp3) is 0.667. The number of anilines is 1. The molecule has 1 aromatic heterocycles. The summed E-state index contributed by atoms with van der Waals surface area (Å²) in [6.45, 7) is 13.1. The lowest BCUT2D eigenvalue weighted by Gasteiger charge is -2.42. The van der Waals surface area contributed by atoms with Crippen LogP contribution in [0.15, 0.2) is 18.3 Å². The third-order valence-electron chi connectivity index (χ3n) is 3.85. The average molecular weight is 262 g/mol. The van der Waals surface area contributed by atoms with Crippen LogP contribution in [0.25, 0.3) is 0 Å². The van der Waals surface area contributed by atoms with Gasteiger partial charge in [0.15, 0.2) is 0 Å². The van der Waals surface area contributed by atoms with Crippen molar-refractivity contribution in [2.75, 3.05) is 31.1 Å². The zero-order valence-electron chi connectivity index (χ0n) is 12.6. The summed E-state index contributed by atoms with van der Waals surface area (Å²) < 4.78 is 0. The highest BCUT2D eigenvalue weighted by Gasteiger charge is 2.26. The standard InChI is InChI=1S/C15H26N4/c1-12(16)13-5-6-17-14(11-13)18-7-9-19(10-8-18)15(2,3)4/h5-6,11-12H,7-10,16H2,1-4H3/t12-/m1/s1. The Morgan fingerprint density at radius 3 is 2.37 bits per heavy atom. The fourth-order valence-electron chi connectivity index (χ4n) is 2.50. The number of aromatic nitrogens is 1. The summed E-state index contributed by atoms with van der Waals surface area (Å²) in [6.07, 6.45) is 1.87. The molecule has 1 atom stereocenters. The number of nitrogens with two attached hydrogens (primary N) is 1. The minimum atomic E-state index is 0.0672. The normalized spacial score (nSPS) is 19.5. The van der Waals surface area contributed by atoms with E-state index in [0.717, 1.165) is 37.6 Å². The molecule has 2 N–H and O–H groups in total. The smallest absolute Gasteiger partial charge is 0.128 e. The summed E-state index contributed by atoms with van der Waals surface area (Å²) in [5.41, 5.74) is 7.35. The molecule has 0 spiro atoms. The van der Waals surface area contributed by atoms with Crippen molar-refractivity contribution < 1.29 is 0 Å². The largest absolute Gasteiger partial charge is 0.354 e. The molecule has 4 heteroatoms. The Labute approximate surface area is 116 Å². The molecule has 0 saturated carbocycles. The molecule has 0 radical (unpaired) electrons. The second-order valence-corrected chi connectivity index (χ2v) is 6.38. The van der Waals surface area contributed by atoms with E-state index in [1.165, 1.54) is 0 Å². The van der Waals surface area contributed by atoms with Gasteiger partial charge in [-0.3, -0.25) is 4.90 Å². The van der Waals surface area contributed by atoms with Gasteiger partial charge in [0, 0.05) is 44.0 Å². The van der Waals surface area contributed by atoms with Crippen molar-refractivity contribution >= 4 is 5.82 Å². The second kappa shape index (κ2) is 5.47. The summed E-state index contributed by atoms with van der Waals surface area (Å²) in [5, 5.41) is 0. The Hall–Kier alpha value is -1.13. The van der Waals surface area contributed by atoms with Gasteiger partial charge in [-0.1, -0.05) is 0 Å². The van der Waals surface area contributed by atoms with Crippen LogP contribution in [0.4, 0.5) is 5.82 Å². The van der Waals surface area contributed by atoms with Crippen LogP contribution in [0.3, 0.4) is 0 Å². The minimum absolute atomic E-state index is 0.0672. The van der Waals surface area contributed by atoms with E-state index < -0.39 is 0 Å². The van der Waals surface area contributed by atoms with E-state index in [0.29, 0.717) is 0 Å². The summed E-state index contributed by atoms with van der Waals surface area (Å²) in [5.74, 6) is 1.06. The molecule has 0 amide bonds. The van der Waals surface area contributed by atoms with Crippen LogP contribution in [-0.2, 0) is 0 Å². The SMILES string of the molecule is C[C@@H](N)c1ccnc(N2CCN(C(C)(C)C)CC2)c1. The molecule has 1 aliphatic rings. The van der Waals surface area contributed by atoms with E-state index >= 15 is 0 Å². The first kappa shape index (κ1) is 14.3. The van der Waals surface area contributed by atoms with Gasteiger partial charge in [-0.15, -0.1) is 0 Å². The highest BCUT2D eigenvalue weighted by molar-refractivity contribution is 5.42. The van der Waals surface area contributed by atoms with Crippen LogP contribution >= 0.6 is 0 Å². The molecule has 0 bridgehead atoms. The second-order valence-electron chi connectivity index (χ2n) is 6.38. The maximum atomic E-state index is 5.94. The Bertz CT molecular complexity index is 414. The number of piperazine rings is 1. The van der Waals surface area contributed by atoms with Gasteiger partial charge < -0.3 is 10.6 Å². The van der Waals surface area contributed by atoms with Crippen LogP contribution < -0.4 is 10.6 Å². The first-order valence-corrected chi connectivity index (χ1v) is 7.09. The van der Waals surface area contributed by atoms with Crippen molar-refractivity contribution in [2.45, 2.75) is 39.3 Å². The zero-order valence-corrected chi connectivity index (χ0v) is 12.6. The van der Waals surface area contributed by atoms with E-state index in [9.17, 15) is 0 Å². The summed E-state index contributed by atoms with van der Waals surface area (Å²) in [6, 6.07) is 4.19. The van der Waals surface area contributed by atoms with E-state index in [1.54, 1.807) is 0 Å². The fourth-order valence-corrected chi connectivity index (χ4v) is 2.50. The molecule has 1 fully saturated rings. The molecule has 1 saturated heterocycles. The monoisotopic (exact) mass is 262 g/mol. The first-order chi connectivity index (χ1) is 8.88. The number of hydrogen-bond donors (Lipinski definition) is 1. The van der Waals surface area contributed by atoms with Gasteiger partial charge in [0.1, 0.15) is 5.82 Å². The van der Waals surface area contributed by atoms with Gasteiger partial charge in [-0.25, -0.2) is 4.98 Å². The van der Waals surface area contributed by atoms with Crippen LogP contribution in [0.2, 0.25) is 0 Å². The molecule has 2 rings (SSSR count). The maximum absolute atomic E-state index is 5.94. The van der Waals surface area contributed by atoms with Crippen molar-refractivity contribution in [2.24, 2.45) is 5.73 Å². The lowest BCUT2D eigenvalue weighted by Crippen LogP contribution is -2.53. The molecule has 0 unspecified atom stereocenters. The highest BCUT2D eigenvalue weighted by Crippen LogP contribution is 2.21. The van der Waals surface area contributed by atoms with Gasteiger partial charge in [-0.2, -0.15) is 0 Å². The van der Waals surface area contributed by atoms with Crippen LogP contribution in [-0.4, -0.2) is 41.6 Å². The van der Waals surface area contributed by atoms with Crippen molar-refractivity contribution in [1.29, 1.82) is 0 Å². The van der Waals surface area contributed by atoms with Crippen LogP contribution in [0, 0.1) is 0 Å². The lowest BCUT2D eigenvalue weighted by atomic mass is 10.0. The Morgan fingerprint density at radius 2 is 1.84 bits per heavy atom. The summed E-state index contributed by atoms with van der Waals surface area (Å²) in [4.78, 5) is 9.37. The number of hydrogen-bond acceptors (Lipinski definition) is 4. The summed E-state index contributed by atoms with van der Waals surface area (Å²) in [7, 11) is 0. The van der Waals surface area contributed by atoms with Gasteiger partial charge in [0.05, 0.1) is 0 Å². The van der Waals surface area contributed by atoms with E-state index in [1.807, 2.05) is 19.2 Å². The van der Waals surface area contributed by atoms with Crippen molar-refractivity contribution in [3.05, 3.63) is 23.9 Å². The van der Waals surface area contributed by atoms with Crippen LogP contribution in [0.5, 0.6) is 0 Å². The summed E-state index contributed by atoms with van der Waals surface area (Å²) >= 11 is 0. The topological polar surface area (TPSA) is 45.4 Å². The third-order valence-corrected chi connectivity index (χ3v) is 3.85. The molecule has 106 valence electrons. The number of nitrogens with zero attached hydrogens (tertiary/aromatic N) is 3. The van der Waals surface area contributed by atoms with Crippen molar-refractivity contribution in [3.63, 3.8) is 0 Å². The average Bonchev–Trinajstić information content (AvgIpc) is 2.38.